The minimum absolute atomic E-state index is 0.239. The van der Waals surface area contributed by atoms with Crippen molar-refractivity contribution in [3.63, 3.8) is 0 Å². The van der Waals surface area contributed by atoms with Gasteiger partial charge in [0, 0.05) is 10.6 Å². The molecular weight excluding hydrogens is 298 g/mol. The molecule has 0 saturated heterocycles. The van der Waals surface area contributed by atoms with Crippen molar-refractivity contribution in [2.75, 3.05) is 0 Å². The van der Waals surface area contributed by atoms with Gasteiger partial charge in [0.2, 0.25) is 0 Å². The first-order chi connectivity index (χ1) is 10.8. The number of halogens is 1. The molecule has 0 fully saturated rings. The van der Waals surface area contributed by atoms with Crippen LogP contribution in [0.15, 0.2) is 71.0 Å². The van der Waals surface area contributed by atoms with Crippen LogP contribution in [0.25, 0.3) is 11.3 Å². The Morgan fingerprint density at radius 1 is 1.00 bits per heavy atom. The lowest BCUT2D eigenvalue weighted by Gasteiger charge is -1.99. The van der Waals surface area contributed by atoms with Gasteiger partial charge >= 0.3 is 0 Å². The third kappa shape index (κ3) is 3.71. The van der Waals surface area contributed by atoms with Crippen molar-refractivity contribution in [2.24, 2.45) is 10.2 Å². The van der Waals surface area contributed by atoms with E-state index in [1.807, 2.05) is 54.6 Å². The van der Waals surface area contributed by atoms with E-state index >= 15 is 0 Å². The Balaban J connectivity index is 1.74. The Labute approximate surface area is 132 Å². The van der Waals surface area contributed by atoms with E-state index in [1.54, 1.807) is 6.20 Å². The summed E-state index contributed by atoms with van der Waals surface area (Å²) in [5, 5.41) is 16.6. The first-order valence-corrected chi connectivity index (χ1v) is 7.06. The maximum absolute atomic E-state index is 5.92. The molecule has 0 bridgehead atoms. The summed E-state index contributed by atoms with van der Waals surface area (Å²) < 4.78 is 0. The van der Waals surface area contributed by atoms with E-state index in [2.05, 4.69) is 25.4 Å². The van der Waals surface area contributed by atoms with Crippen LogP contribution >= 0.6 is 11.6 Å². The van der Waals surface area contributed by atoms with Gasteiger partial charge in [0.1, 0.15) is 0 Å². The molecule has 3 rings (SSSR count). The minimum atomic E-state index is 0.239. The number of hydrogen-bond donors (Lipinski definition) is 0. The molecule has 0 radical (unpaired) electrons. The highest BCUT2D eigenvalue weighted by molar-refractivity contribution is 6.30. The zero-order valence-corrected chi connectivity index (χ0v) is 12.4. The molecule has 0 aliphatic rings. The molecule has 108 valence electrons. The first-order valence-electron chi connectivity index (χ1n) is 6.68. The Morgan fingerprint density at radius 2 is 1.86 bits per heavy atom. The molecule has 0 aliphatic heterocycles. The topological polar surface area (TPSA) is 63.4 Å². The van der Waals surface area contributed by atoms with E-state index in [9.17, 15) is 0 Å². The molecule has 0 atom stereocenters. The van der Waals surface area contributed by atoms with Crippen LogP contribution in [-0.2, 0) is 6.54 Å². The van der Waals surface area contributed by atoms with Crippen molar-refractivity contribution >= 4 is 17.5 Å². The summed E-state index contributed by atoms with van der Waals surface area (Å²) in [6, 6.07) is 17.2. The molecule has 0 saturated carbocycles. The van der Waals surface area contributed by atoms with Gasteiger partial charge in [-0.1, -0.05) is 54.1 Å². The van der Waals surface area contributed by atoms with E-state index in [4.69, 9.17) is 11.6 Å². The molecule has 0 N–H and O–H groups in total. The Kier molecular flexibility index (Phi) is 4.46. The summed E-state index contributed by atoms with van der Waals surface area (Å²) in [6.07, 6.45) is 1.60. The molecule has 0 unspecified atom stereocenters. The SMILES string of the molecule is Clc1cccc(CN=Nc2nncc(-c3ccccc3)n2)c1. The predicted octanol–water partition coefficient (Wildman–Crippen LogP) is 4.48. The van der Waals surface area contributed by atoms with Crippen LogP contribution < -0.4 is 0 Å². The lowest BCUT2D eigenvalue weighted by atomic mass is 10.2. The van der Waals surface area contributed by atoms with Crippen molar-refractivity contribution in [1.29, 1.82) is 0 Å². The Hall–Kier alpha value is -2.66. The second-order valence-corrected chi connectivity index (χ2v) is 4.97. The Morgan fingerprint density at radius 3 is 2.68 bits per heavy atom. The molecule has 5 nitrogen and oxygen atoms in total. The number of benzene rings is 2. The summed E-state index contributed by atoms with van der Waals surface area (Å²) in [4.78, 5) is 4.33. The maximum Gasteiger partial charge on any atom is 0.287 e. The van der Waals surface area contributed by atoms with Crippen LogP contribution in [-0.4, -0.2) is 15.2 Å². The zero-order chi connectivity index (χ0) is 15.2. The predicted molar refractivity (Wildman–Crippen MR) is 84.9 cm³/mol. The molecule has 22 heavy (non-hydrogen) atoms. The second-order valence-electron chi connectivity index (χ2n) is 4.54. The molecule has 0 aliphatic carbocycles. The van der Waals surface area contributed by atoms with E-state index in [-0.39, 0.29) is 5.95 Å². The van der Waals surface area contributed by atoms with Gasteiger partial charge in [-0.25, -0.2) is 4.98 Å². The van der Waals surface area contributed by atoms with Gasteiger partial charge in [0.25, 0.3) is 5.95 Å². The van der Waals surface area contributed by atoms with Crippen molar-refractivity contribution < 1.29 is 0 Å². The van der Waals surface area contributed by atoms with Gasteiger partial charge in [-0.3, -0.25) is 0 Å². The first kappa shape index (κ1) is 14.3. The monoisotopic (exact) mass is 309 g/mol. The molecule has 0 amide bonds. The fraction of sp³-hybridized carbons (Fsp3) is 0.0625. The maximum atomic E-state index is 5.92. The second kappa shape index (κ2) is 6.87. The molecule has 1 heterocycles. The molecular formula is C16H12ClN5. The molecule has 1 aromatic heterocycles. The zero-order valence-electron chi connectivity index (χ0n) is 11.6. The fourth-order valence-electron chi connectivity index (χ4n) is 1.90. The Bertz CT molecular complexity index is 789. The van der Waals surface area contributed by atoms with Crippen LogP contribution in [0.5, 0.6) is 0 Å². The minimum Gasteiger partial charge on any atom is -0.207 e. The third-order valence-corrected chi connectivity index (χ3v) is 3.15. The van der Waals surface area contributed by atoms with Crippen molar-refractivity contribution in [3.8, 4) is 11.3 Å². The number of rotatable bonds is 4. The van der Waals surface area contributed by atoms with Crippen LogP contribution in [0.3, 0.4) is 0 Å². The summed E-state index contributed by atoms with van der Waals surface area (Å²) in [6.45, 7) is 0.416. The van der Waals surface area contributed by atoms with Crippen LogP contribution in [0.2, 0.25) is 5.02 Å². The number of azo groups is 1. The van der Waals surface area contributed by atoms with Crippen molar-refractivity contribution in [1.82, 2.24) is 15.2 Å². The van der Waals surface area contributed by atoms with E-state index < -0.39 is 0 Å². The molecule has 3 aromatic rings. The van der Waals surface area contributed by atoms with Gasteiger partial charge in [-0.15, -0.1) is 10.2 Å². The normalized spacial score (nSPS) is 11.0. The highest BCUT2D eigenvalue weighted by atomic mass is 35.5. The van der Waals surface area contributed by atoms with Gasteiger partial charge in [0.05, 0.1) is 18.4 Å². The summed E-state index contributed by atoms with van der Waals surface area (Å²) in [5.41, 5.74) is 2.65. The molecule has 2 aromatic carbocycles. The third-order valence-electron chi connectivity index (χ3n) is 2.92. The fourth-order valence-corrected chi connectivity index (χ4v) is 2.11. The molecule has 6 heteroatoms. The number of aromatic nitrogens is 3. The van der Waals surface area contributed by atoms with Crippen molar-refractivity contribution in [2.45, 2.75) is 6.54 Å². The van der Waals surface area contributed by atoms with E-state index in [0.717, 1.165) is 11.1 Å². The quantitative estimate of drug-likeness (QED) is 0.668. The summed E-state index contributed by atoms with van der Waals surface area (Å²) >= 11 is 5.92. The lowest BCUT2D eigenvalue weighted by Crippen LogP contribution is -1.89. The van der Waals surface area contributed by atoms with Gasteiger partial charge in [0.15, 0.2) is 0 Å². The van der Waals surface area contributed by atoms with Gasteiger partial charge < -0.3 is 0 Å². The van der Waals surface area contributed by atoms with E-state index in [0.29, 0.717) is 17.3 Å². The summed E-state index contributed by atoms with van der Waals surface area (Å²) in [5.74, 6) is 0.239. The summed E-state index contributed by atoms with van der Waals surface area (Å²) in [7, 11) is 0. The van der Waals surface area contributed by atoms with Crippen LogP contribution in [0.4, 0.5) is 5.95 Å². The largest absolute Gasteiger partial charge is 0.287 e. The highest BCUT2D eigenvalue weighted by Gasteiger charge is 2.02. The van der Waals surface area contributed by atoms with Gasteiger partial charge in [-0.2, -0.15) is 10.2 Å². The number of nitrogens with zero attached hydrogens (tertiary/aromatic N) is 5. The van der Waals surface area contributed by atoms with E-state index in [1.165, 1.54) is 0 Å². The number of hydrogen-bond acceptors (Lipinski definition) is 5. The van der Waals surface area contributed by atoms with Crippen molar-refractivity contribution in [3.05, 3.63) is 71.4 Å². The average molecular weight is 310 g/mol. The average Bonchev–Trinajstić information content (AvgIpc) is 2.56. The van der Waals surface area contributed by atoms with Gasteiger partial charge in [-0.05, 0) is 17.7 Å². The smallest absolute Gasteiger partial charge is 0.207 e. The standard InChI is InChI=1S/C16H12ClN5/c17-14-8-4-5-12(9-14)10-18-21-16-20-15(11-19-22-16)13-6-2-1-3-7-13/h1-9,11H,10H2. The molecule has 0 spiro atoms. The lowest BCUT2D eigenvalue weighted by molar-refractivity contribution is 0.889. The van der Waals surface area contributed by atoms with Crippen LogP contribution in [0, 0.1) is 0 Å². The van der Waals surface area contributed by atoms with Crippen LogP contribution in [0.1, 0.15) is 5.56 Å². The highest BCUT2D eigenvalue weighted by Crippen LogP contribution is 2.17.